The van der Waals surface area contributed by atoms with Crippen LogP contribution in [0.25, 0.3) is 0 Å². The fraction of sp³-hybridized carbons (Fsp3) is 0.556. The van der Waals surface area contributed by atoms with Crippen molar-refractivity contribution in [3.63, 3.8) is 0 Å². The van der Waals surface area contributed by atoms with Crippen molar-refractivity contribution in [2.24, 2.45) is 4.99 Å². The minimum Gasteiger partial charge on any atom is -0.368 e. The zero-order valence-corrected chi connectivity index (χ0v) is 19.3. The highest BCUT2D eigenvalue weighted by Crippen LogP contribution is 2.28. The highest BCUT2D eigenvalue weighted by molar-refractivity contribution is 14.0. The van der Waals surface area contributed by atoms with Gasteiger partial charge in [-0.05, 0) is 47.8 Å². The minimum absolute atomic E-state index is 0. The molecule has 8 heteroatoms. The van der Waals surface area contributed by atoms with Gasteiger partial charge in [0, 0.05) is 36.7 Å². The summed E-state index contributed by atoms with van der Waals surface area (Å²) in [7, 11) is 0. The molecule has 1 unspecified atom stereocenters. The Labute approximate surface area is 181 Å². The summed E-state index contributed by atoms with van der Waals surface area (Å²) in [5.74, 6) is 0.661. The lowest BCUT2D eigenvalue weighted by Crippen LogP contribution is -2.45. The number of anilines is 1. The molecule has 0 spiro atoms. The standard InChI is InChI=1S/C18H28BrN5O.HI/c1-3-10-21-17(25)12-22-18(20-4-2)23-14-9-11-24(13-14)16-8-6-5-7-15(16)19;/h5-8,14H,3-4,9-13H2,1-2H3,(H,21,25)(H2,20,22,23);1H. The second-order valence-corrected chi connectivity index (χ2v) is 6.93. The summed E-state index contributed by atoms with van der Waals surface area (Å²) in [6, 6.07) is 8.59. The number of rotatable bonds is 7. The first kappa shape index (κ1) is 23.0. The summed E-state index contributed by atoms with van der Waals surface area (Å²) in [6.07, 6.45) is 1.97. The van der Waals surface area contributed by atoms with Gasteiger partial charge in [0.1, 0.15) is 6.54 Å². The molecule has 1 atom stereocenters. The highest BCUT2D eigenvalue weighted by Gasteiger charge is 2.24. The largest absolute Gasteiger partial charge is 0.368 e. The molecule has 3 N–H and O–H groups in total. The van der Waals surface area contributed by atoms with E-state index >= 15 is 0 Å². The average Bonchev–Trinajstić information content (AvgIpc) is 3.06. The van der Waals surface area contributed by atoms with Crippen molar-refractivity contribution in [3.05, 3.63) is 28.7 Å². The Hall–Kier alpha value is -1.03. The summed E-state index contributed by atoms with van der Waals surface area (Å²) in [5, 5.41) is 9.51. The first-order valence-electron chi connectivity index (χ1n) is 8.95. The van der Waals surface area contributed by atoms with Gasteiger partial charge < -0.3 is 20.9 Å². The van der Waals surface area contributed by atoms with Crippen LogP contribution < -0.4 is 20.9 Å². The van der Waals surface area contributed by atoms with E-state index in [1.807, 2.05) is 19.9 Å². The number of hydrogen-bond donors (Lipinski definition) is 3. The molecular weight excluding hydrogens is 509 g/mol. The fourth-order valence-electron chi connectivity index (χ4n) is 2.79. The highest BCUT2D eigenvalue weighted by atomic mass is 127. The number of para-hydroxylation sites is 1. The van der Waals surface area contributed by atoms with Gasteiger partial charge in [0.25, 0.3) is 0 Å². The second kappa shape index (κ2) is 12.4. The van der Waals surface area contributed by atoms with E-state index in [0.717, 1.165) is 36.9 Å². The van der Waals surface area contributed by atoms with Gasteiger partial charge >= 0.3 is 0 Å². The Bertz CT molecular complexity index is 599. The van der Waals surface area contributed by atoms with Crippen molar-refractivity contribution < 1.29 is 4.79 Å². The van der Waals surface area contributed by atoms with Gasteiger partial charge in [0.15, 0.2) is 5.96 Å². The number of nitrogens with one attached hydrogen (secondary N) is 3. The van der Waals surface area contributed by atoms with Crippen molar-refractivity contribution in [3.8, 4) is 0 Å². The molecule has 1 aromatic carbocycles. The van der Waals surface area contributed by atoms with Crippen molar-refractivity contribution in [2.75, 3.05) is 37.6 Å². The Kier molecular flexibility index (Phi) is 11.0. The van der Waals surface area contributed by atoms with E-state index < -0.39 is 0 Å². The Morgan fingerprint density at radius 1 is 1.31 bits per heavy atom. The molecule has 26 heavy (non-hydrogen) atoms. The molecule has 1 aromatic rings. The van der Waals surface area contributed by atoms with Crippen LogP contribution in [0.2, 0.25) is 0 Å². The van der Waals surface area contributed by atoms with Crippen molar-refractivity contribution in [1.82, 2.24) is 16.0 Å². The molecule has 0 radical (unpaired) electrons. The molecule has 0 saturated carbocycles. The van der Waals surface area contributed by atoms with E-state index in [0.29, 0.717) is 18.5 Å². The van der Waals surface area contributed by atoms with E-state index in [-0.39, 0.29) is 36.4 Å². The summed E-state index contributed by atoms with van der Waals surface area (Å²) in [5.41, 5.74) is 1.22. The van der Waals surface area contributed by atoms with E-state index in [1.54, 1.807) is 0 Å². The molecule has 1 heterocycles. The molecular formula is C18H29BrIN5O. The van der Waals surface area contributed by atoms with Crippen LogP contribution in [0.15, 0.2) is 33.7 Å². The monoisotopic (exact) mass is 537 g/mol. The number of hydrogen-bond acceptors (Lipinski definition) is 3. The van der Waals surface area contributed by atoms with Crippen molar-refractivity contribution in [1.29, 1.82) is 0 Å². The number of guanidine groups is 1. The summed E-state index contributed by atoms with van der Waals surface area (Å²) >= 11 is 3.62. The average molecular weight is 538 g/mol. The van der Waals surface area contributed by atoms with Crippen LogP contribution in [-0.2, 0) is 4.79 Å². The number of amides is 1. The maximum absolute atomic E-state index is 11.7. The van der Waals surface area contributed by atoms with Gasteiger partial charge in [-0.2, -0.15) is 0 Å². The third-order valence-electron chi connectivity index (χ3n) is 4.02. The maximum Gasteiger partial charge on any atom is 0.241 e. The number of aliphatic imine (C=N–C) groups is 1. The lowest BCUT2D eigenvalue weighted by atomic mass is 10.3. The number of nitrogens with zero attached hydrogens (tertiary/aromatic N) is 2. The van der Waals surface area contributed by atoms with Crippen LogP contribution in [0.3, 0.4) is 0 Å². The molecule has 146 valence electrons. The van der Waals surface area contributed by atoms with Crippen LogP contribution in [0.1, 0.15) is 26.7 Å². The van der Waals surface area contributed by atoms with Crippen molar-refractivity contribution in [2.45, 2.75) is 32.7 Å². The van der Waals surface area contributed by atoms with Crippen LogP contribution in [0.4, 0.5) is 5.69 Å². The van der Waals surface area contributed by atoms with Crippen LogP contribution >= 0.6 is 39.9 Å². The number of halogens is 2. The second-order valence-electron chi connectivity index (χ2n) is 6.07. The lowest BCUT2D eigenvalue weighted by molar-refractivity contribution is -0.119. The molecule has 0 aliphatic carbocycles. The Morgan fingerprint density at radius 3 is 2.77 bits per heavy atom. The van der Waals surface area contributed by atoms with Gasteiger partial charge in [-0.3, -0.25) is 4.79 Å². The predicted octanol–water partition coefficient (Wildman–Crippen LogP) is 2.73. The Balaban J connectivity index is 0.00000338. The van der Waals surface area contributed by atoms with E-state index in [9.17, 15) is 4.79 Å². The minimum atomic E-state index is -0.0414. The van der Waals surface area contributed by atoms with Gasteiger partial charge in [0.05, 0.1) is 5.69 Å². The van der Waals surface area contributed by atoms with Crippen LogP contribution in [-0.4, -0.2) is 50.6 Å². The Morgan fingerprint density at radius 2 is 2.08 bits per heavy atom. The topological polar surface area (TPSA) is 68.8 Å². The van der Waals surface area contributed by atoms with Crippen molar-refractivity contribution >= 4 is 57.5 Å². The van der Waals surface area contributed by atoms with Gasteiger partial charge in [-0.25, -0.2) is 4.99 Å². The fourth-order valence-corrected chi connectivity index (χ4v) is 3.33. The first-order valence-corrected chi connectivity index (χ1v) is 9.74. The SMILES string of the molecule is CCCNC(=O)CN=C(NCC)NC1CCN(c2ccccc2Br)C1.I. The molecule has 6 nitrogen and oxygen atoms in total. The summed E-state index contributed by atoms with van der Waals surface area (Å²) in [4.78, 5) is 18.5. The molecule has 0 bridgehead atoms. The van der Waals surface area contributed by atoms with Gasteiger partial charge in [-0.15, -0.1) is 24.0 Å². The molecule has 1 aliphatic rings. The smallest absolute Gasteiger partial charge is 0.241 e. The molecule has 0 aromatic heterocycles. The molecule has 1 amide bonds. The first-order chi connectivity index (χ1) is 12.1. The molecule has 1 saturated heterocycles. The molecule has 1 aliphatic heterocycles. The normalized spacial score (nSPS) is 16.8. The number of carbonyl (C=O) groups is 1. The van der Waals surface area contributed by atoms with Crippen LogP contribution in [0, 0.1) is 0 Å². The zero-order chi connectivity index (χ0) is 18.1. The third kappa shape index (κ3) is 7.30. The third-order valence-corrected chi connectivity index (χ3v) is 4.69. The zero-order valence-electron chi connectivity index (χ0n) is 15.4. The van der Waals surface area contributed by atoms with Crippen LogP contribution in [0.5, 0.6) is 0 Å². The molecule has 1 fully saturated rings. The quantitative estimate of drug-likeness (QED) is 0.284. The van der Waals surface area contributed by atoms with E-state index in [1.165, 1.54) is 5.69 Å². The lowest BCUT2D eigenvalue weighted by Gasteiger charge is -2.21. The maximum atomic E-state index is 11.7. The predicted molar refractivity (Wildman–Crippen MR) is 123 cm³/mol. The van der Waals surface area contributed by atoms with Gasteiger partial charge in [0.2, 0.25) is 5.91 Å². The summed E-state index contributed by atoms with van der Waals surface area (Å²) in [6.45, 7) is 7.58. The van der Waals surface area contributed by atoms with Gasteiger partial charge in [-0.1, -0.05) is 19.1 Å². The van der Waals surface area contributed by atoms with E-state index in [4.69, 9.17) is 0 Å². The number of benzene rings is 1. The summed E-state index contributed by atoms with van der Waals surface area (Å²) < 4.78 is 1.11. The number of carbonyl (C=O) groups excluding carboxylic acids is 1. The van der Waals surface area contributed by atoms with E-state index in [2.05, 4.69) is 60.0 Å². The molecule has 2 rings (SSSR count).